The first kappa shape index (κ1) is 26.3. The highest BCUT2D eigenvalue weighted by atomic mass is 16.5. The van der Waals surface area contributed by atoms with Gasteiger partial charge in [-0.2, -0.15) is 0 Å². The molecule has 1 aliphatic carbocycles. The maximum absolute atomic E-state index is 12.6. The lowest BCUT2D eigenvalue weighted by Crippen LogP contribution is -2.24. The Kier molecular flexibility index (Phi) is 10.2. The van der Waals surface area contributed by atoms with E-state index in [1.54, 1.807) is 48.5 Å². The molecule has 1 aliphatic rings. The van der Waals surface area contributed by atoms with Crippen LogP contribution in [-0.4, -0.2) is 18.0 Å². The van der Waals surface area contributed by atoms with Gasteiger partial charge in [-0.05, 0) is 79.1 Å². The van der Waals surface area contributed by atoms with Gasteiger partial charge in [-0.15, -0.1) is 0 Å². The predicted octanol–water partition coefficient (Wildman–Crippen LogP) is 6.29. The van der Waals surface area contributed by atoms with Crippen LogP contribution in [0.2, 0.25) is 0 Å². The van der Waals surface area contributed by atoms with Crippen LogP contribution in [0.1, 0.15) is 86.2 Å². The Morgan fingerprint density at radius 3 is 2.29 bits per heavy atom. The number of hydrogen-bond donors (Lipinski definition) is 2. The van der Waals surface area contributed by atoms with Crippen molar-refractivity contribution >= 4 is 29.4 Å². The van der Waals surface area contributed by atoms with Gasteiger partial charge in [0.05, 0.1) is 5.56 Å². The molecule has 1 saturated carbocycles. The van der Waals surface area contributed by atoms with E-state index in [1.165, 1.54) is 38.2 Å². The molecule has 188 valence electrons. The molecular weight excluding hydrogens is 440 g/mol. The molecule has 2 aromatic rings. The van der Waals surface area contributed by atoms with Gasteiger partial charge in [-0.25, -0.2) is 9.59 Å². The van der Waals surface area contributed by atoms with Gasteiger partial charge in [0.1, 0.15) is 12.7 Å². The first-order valence-electron chi connectivity index (χ1n) is 12.7. The summed E-state index contributed by atoms with van der Waals surface area (Å²) in [5.41, 5.74) is 14.6. The normalized spacial score (nSPS) is 17.9. The molecule has 35 heavy (non-hydrogen) atoms. The molecule has 0 bridgehead atoms. The lowest BCUT2D eigenvalue weighted by atomic mass is 9.84. The van der Waals surface area contributed by atoms with Crippen molar-refractivity contribution in [3.05, 3.63) is 65.2 Å². The highest BCUT2D eigenvalue weighted by Gasteiger charge is 2.24. The van der Waals surface area contributed by atoms with Gasteiger partial charge in [-0.3, -0.25) is 0 Å². The van der Waals surface area contributed by atoms with E-state index >= 15 is 0 Å². The summed E-state index contributed by atoms with van der Waals surface area (Å²) < 4.78 is 11.0. The van der Waals surface area contributed by atoms with Gasteiger partial charge < -0.3 is 20.9 Å². The number of ether oxygens (including phenoxy) is 2. The third kappa shape index (κ3) is 9.12. The minimum Gasteiger partial charge on any atom is -0.459 e. The van der Waals surface area contributed by atoms with E-state index in [-0.39, 0.29) is 18.7 Å². The fourth-order valence-electron chi connectivity index (χ4n) is 4.54. The summed E-state index contributed by atoms with van der Waals surface area (Å²) in [5, 5.41) is 0. The largest absolute Gasteiger partial charge is 0.459 e. The third-order valence-electron chi connectivity index (χ3n) is 6.51. The average molecular weight is 479 g/mol. The first-order valence-corrected chi connectivity index (χ1v) is 12.7. The molecule has 0 saturated heterocycles. The lowest BCUT2D eigenvalue weighted by Gasteiger charge is -2.28. The summed E-state index contributed by atoms with van der Waals surface area (Å²) in [5.74, 6) is 0.0201. The number of rotatable bonds is 11. The Bertz CT molecular complexity index is 972. The predicted molar refractivity (Wildman–Crippen MR) is 140 cm³/mol. The summed E-state index contributed by atoms with van der Waals surface area (Å²) in [7, 11) is 0. The van der Waals surface area contributed by atoms with Crippen molar-refractivity contribution < 1.29 is 19.1 Å². The molecule has 1 fully saturated rings. The van der Waals surface area contributed by atoms with Crippen LogP contribution in [0.4, 0.5) is 11.4 Å². The van der Waals surface area contributed by atoms with Gasteiger partial charge in [0.2, 0.25) is 0 Å². The number of esters is 2. The van der Waals surface area contributed by atoms with Gasteiger partial charge in [0.15, 0.2) is 0 Å². The zero-order valence-corrected chi connectivity index (χ0v) is 20.7. The molecule has 0 unspecified atom stereocenters. The van der Waals surface area contributed by atoms with E-state index in [2.05, 4.69) is 6.92 Å². The van der Waals surface area contributed by atoms with Gasteiger partial charge in [0, 0.05) is 17.5 Å². The molecule has 0 heterocycles. The Labute approximate surface area is 208 Å². The van der Waals surface area contributed by atoms with Crippen LogP contribution in [0, 0.1) is 5.92 Å². The molecule has 2 aromatic carbocycles. The van der Waals surface area contributed by atoms with Crippen molar-refractivity contribution in [2.24, 2.45) is 5.92 Å². The van der Waals surface area contributed by atoms with Crippen LogP contribution < -0.4 is 11.5 Å². The van der Waals surface area contributed by atoms with Gasteiger partial charge in [-0.1, -0.05) is 51.2 Å². The summed E-state index contributed by atoms with van der Waals surface area (Å²) in [6.07, 6.45) is 13.8. The van der Waals surface area contributed by atoms with Crippen LogP contribution in [0.3, 0.4) is 0 Å². The van der Waals surface area contributed by atoms with Crippen LogP contribution in [-0.2, 0) is 20.9 Å². The van der Waals surface area contributed by atoms with E-state index in [0.717, 1.165) is 42.7 Å². The Morgan fingerprint density at radius 1 is 0.943 bits per heavy atom. The monoisotopic (exact) mass is 478 g/mol. The Hall–Kier alpha value is -3.28. The second kappa shape index (κ2) is 13.6. The molecule has 4 N–H and O–H groups in total. The van der Waals surface area contributed by atoms with Crippen molar-refractivity contribution in [1.29, 1.82) is 0 Å². The van der Waals surface area contributed by atoms with Crippen LogP contribution >= 0.6 is 0 Å². The van der Waals surface area contributed by atoms with Crippen molar-refractivity contribution in [3.8, 4) is 0 Å². The van der Waals surface area contributed by atoms with E-state index in [1.807, 2.05) is 0 Å². The van der Waals surface area contributed by atoms with E-state index < -0.39 is 5.97 Å². The van der Waals surface area contributed by atoms with Crippen LogP contribution in [0.25, 0.3) is 6.08 Å². The Balaban J connectivity index is 1.40. The van der Waals surface area contributed by atoms with E-state index in [9.17, 15) is 9.59 Å². The topological polar surface area (TPSA) is 105 Å². The molecule has 0 spiro atoms. The number of nitrogens with two attached hydrogens (primary N) is 2. The number of unbranched alkanes of at least 4 members (excludes halogenated alkanes) is 3. The highest BCUT2D eigenvalue weighted by molar-refractivity contribution is 5.90. The molecule has 0 aromatic heterocycles. The number of nitrogen functional groups attached to an aromatic ring is 2. The molecule has 3 rings (SSSR count). The maximum Gasteiger partial charge on any atom is 0.338 e. The zero-order chi connectivity index (χ0) is 25.0. The highest BCUT2D eigenvalue weighted by Crippen LogP contribution is 2.30. The number of benzene rings is 2. The minimum atomic E-state index is -0.476. The van der Waals surface area contributed by atoms with Crippen LogP contribution in [0.5, 0.6) is 0 Å². The molecule has 0 aliphatic heterocycles. The minimum absolute atomic E-state index is 0.0130. The molecule has 0 atom stereocenters. The lowest BCUT2D eigenvalue weighted by molar-refractivity contribution is -0.138. The fraction of sp³-hybridized carbons (Fsp3) is 0.448. The maximum atomic E-state index is 12.6. The van der Waals surface area contributed by atoms with Gasteiger partial charge in [0.25, 0.3) is 0 Å². The first-order chi connectivity index (χ1) is 16.9. The fourth-order valence-corrected chi connectivity index (χ4v) is 4.54. The number of carbonyl (C=O) groups excluding carboxylic acids is 2. The summed E-state index contributed by atoms with van der Waals surface area (Å²) in [6.45, 7) is 2.33. The summed E-state index contributed by atoms with van der Waals surface area (Å²) in [4.78, 5) is 24.6. The van der Waals surface area contributed by atoms with Crippen molar-refractivity contribution in [1.82, 2.24) is 0 Å². The molecular formula is C29H38N2O4. The van der Waals surface area contributed by atoms with Crippen LogP contribution in [0.15, 0.2) is 48.5 Å². The van der Waals surface area contributed by atoms with Crippen molar-refractivity contribution in [2.45, 2.75) is 77.4 Å². The second-order valence-corrected chi connectivity index (χ2v) is 9.47. The molecule has 0 amide bonds. The van der Waals surface area contributed by atoms with Crippen molar-refractivity contribution in [2.75, 3.05) is 11.5 Å². The summed E-state index contributed by atoms with van der Waals surface area (Å²) >= 11 is 0. The second-order valence-electron chi connectivity index (χ2n) is 9.47. The number of carbonyl (C=O) groups is 2. The molecule has 6 nitrogen and oxygen atoms in total. The number of hydrogen-bond acceptors (Lipinski definition) is 6. The van der Waals surface area contributed by atoms with E-state index in [0.29, 0.717) is 16.9 Å². The smallest absolute Gasteiger partial charge is 0.338 e. The Morgan fingerprint density at radius 2 is 1.63 bits per heavy atom. The summed E-state index contributed by atoms with van der Waals surface area (Å²) in [6, 6.07) is 12.1. The van der Waals surface area contributed by atoms with Gasteiger partial charge >= 0.3 is 11.9 Å². The van der Waals surface area contributed by atoms with E-state index in [4.69, 9.17) is 20.9 Å². The average Bonchev–Trinajstić information content (AvgIpc) is 2.85. The standard InChI is InChI=1S/C29H38N2O4/c1-2-3-4-5-6-21-9-14-27(15-10-21)35-29(33)24-12-7-22(8-13-24)11-16-28(32)34-20-23-17-25(30)19-26(31)18-23/h7-8,11-13,16-19,21,27H,2-6,9-10,14-15,20,30-31H2,1H3/b16-11+. The number of anilines is 2. The SMILES string of the molecule is CCCCCCC1CCC(OC(=O)c2ccc(/C=C/C(=O)OCc3cc(N)cc(N)c3)cc2)CC1. The molecule has 0 radical (unpaired) electrons. The van der Waals surface area contributed by atoms with Crippen molar-refractivity contribution in [3.63, 3.8) is 0 Å². The molecule has 6 heteroatoms. The zero-order valence-electron chi connectivity index (χ0n) is 20.7. The third-order valence-corrected chi connectivity index (χ3v) is 6.51. The quantitative estimate of drug-likeness (QED) is 0.170.